The minimum absolute atomic E-state index is 0.0838. The zero-order valence-corrected chi connectivity index (χ0v) is 14.6. The van der Waals surface area contributed by atoms with E-state index in [2.05, 4.69) is 20.5 Å². The molecule has 0 atom stereocenters. The maximum atomic E-state index is 13.5. The predicted molar refractivity (Wildman–Crippen MR) is 91.4 cm³/mol. The molecule has 0 fully saturated rings. The van der Waals surface area contributed by atoms with Crippen LogP contribution in [0.4, 0.5) is 4.39 Å². The van der Waals surface area contributed by atoms with Crippen molar-refractivity contribution in [2.24, 2.45) is 0 Å². The van der Waals surface area contributed by atoms with Gasteiger partial charge in [0.05, 0.1) is 17.6 Å². The first kappa shape index (κ1) is 17.3. The molecule has 0 aliphatic rings. The Morgan fingerprint density at radius 2 is 1.88 bits per heavy atom. The molecular formula is C15H12BrFNO5P. The fourth-order valence-corrected chi connectivity index (χ4v) is 3.28. The lowest BCUT2D eigenvalue weighted by atomic mass is 10.1. The number of phosphoric ester groups is 1. The van der Waals surface area contributed by atoms with Gasteiger partial charge in [0.25, 0.3) is 0 Å². The van der Waals surface area contributed by atoms with Gasteiger partial charge in [0.2, 0.25) is 0 Å². The maximum absolute atomic E-state index is 13.5. The van der Waals surface area contributed by atoms with E-state index in [1.54, 1.807) is 22.8 Å². The Morgan fingerprint density at radius 1 is 1.12 bits per heavy atom. The summed E-state index contributed by atoms with van der Waals surface area (Å²) >= 11 is 3.34. The van der Waals surface area contributed by atoms with E-state index in [0.29, 0.717) is 16.4 Å². The van der Waals surface area contributed by atoms with Gasteiger partial charge in [-0.25, -0.2) is 8.96 Å². The van der Waals surface area contributed by atoms with Gasteiger partial charge in [-0.15, -0.1) is 0 Å². The zero-order chi connectivity index (χ0) is 17.5. The molecule has 6 nitrogen and oxygen atoms in total. The highest BCUT2D eigenvalue weighted by Crippen LogP contribution is 2.35. The molecule has 3 aromatic rings. The summed E-state index contributed by atoms with van der Waals surface area (Å²) in [5.74, 6) is -0.533. The third-order valence-corrected chi connectivity index (χ3v) is 4.58. The lowest BCUT2D eigenvalue weighted by Crippen LogP contribution is -2.14. The van der Waals surface area contributed by atoms with Gasteiger partial charge in [-0.1, -0.05) is 15.9 Å². The molecule has 1 aromatic heterocycles. The number of hydrogen-bond acceptors (Lipinski definition) is 3. The van der Waals surface area contributed by atoms with E-state index < -0.39 is 13.6 Å². The molecule has 0 saturated heterocycles. The summed E-state index contributed by atoms with van der Waals surface area (Å²) in [6.45, 7) is -0.179. The highest BCUT2D eigenvalue weighted by atomic mass is 79.9. The van der Waals surface area contributed by atoms with Gasteiger partial charge in [0.1, 0.15) is 5.82 Å². The molecule has 24 heavy (non-hydrogen) atoms. The van der Waals surface area contributed by atoms with E-state index >= 15 is 0 Å². The Labute approximate surface area is 143 Å². The maximum Gasteiger partial charge on any atom is 0.469 e. The molecule has 0 amide bonds. The Bertz CT molecular complexity index is 1050. The van der Waals surface area contributed by atoms with E-state index in [-0.39, 0.29) is 24.0 Å². The number of phosphoric acid groups is 1. The van der Waals surface area contributed by atoms with Crippen LogP contribution in [0, 0.1) is 5.82 Å². The highest BCUT2D eigenvalue weighted by Gasteiger charge is 2.16. The second-order valence-corrected chi connectivity index (χ2v) is 7.28. The topological polar surface area (TPSA) is 88.8 Å². The van der Waals surface area contributed by atoms with Crippen molar-refractivity contribution in [3.8, 4) is 0 Å². The van der Waals surface area contributed by atoms with Crippen molar-refractivity contribution >= 4 is 45.6 Å². The molecule has 0 aliphatic carbocycles. The largest absolute Gasteiger partial charge is 0.469 e. The number of pyridine rings is 1. The Kier molecular flexibility index (Phi) is 4.59. The molecule has 3 rings (SSSR count). The van der Waals surface area contributed by atoms with Crippen LogP contribution < -0.4 is 5.43 Å². The molecule has 9 heteroatoms. The molecule has 0 bridgehead atoms. The minimum Gasteiger partial charge on any atom is -0.338 e. The van der Waals surface area contributed by atoms with Crippen molar-refractivity contribution in [3.05, 3.63) is 56.9 Å². The number of nitrogens with zero attached hydrogens (tertiary/aromatic N) is 1. The first-order chi connectivity index (χ1) is 11.3. The van der Waals surface area contributed by atoms with Crippen molar-refractivity contribution in [1.82, 2.24) is 4.57 Å². The normalized spacial score (nSPS) is 12.2. The summed E-state index contributed by atoms with van der Waals surface area (Å²) in [6.07, 6.45) is 0. The smallest absolute Gasteiger partial charge is 0.338 e. The second kappa shape index (κ2) is 6.38. The summed E-state index contributed by atoms with van der Waals surface area (Å²) in [4.78, 5) is 30.2. The van der Waals surface area contributed by atoms with Gasteiger partial charge < -0.3 is 14.4 Å². The molecule has 126 valence electrons. The number of aromatic nitrogens is 1. The van der Waals surface area contributed by atoms with E-state index in [1.165, 1.54) is 12.1 Å². The number of rotatable bonds is 4. The number of halogens is 2. The fraction of sp³-hybridized carbons (Fsp3) is 0.133. The van der Waals surface area contributed by atoms with E-state index in [9.17, 15) is 13.8 Å². The summed E-state index contributed by atoms with van der Waals surface area (Å²) in [5, 5.41) is 0.577. The standard InChI is InChI=1S/C15H12BrFNO5P/c16-9-1-3-11-14(7-9)18(5-6-23-24(20,21)22)13-4-2-10(17)8-12(13)15(11)19/h1-4,7-8H,5-6H2,(H2,20,21,22). The van der Waals surface area contributed by atoms with Crippen LogP contribution in [0.2, 0.25) is 0 Å². The Hall–Kier alpha value is -1.57. The lowest BCUT2D eigenvalue weighted by molar-refractivity contribution is 0.191. The molecular weight excluding hydrogens is 404 g/mol. The monoisotopic (exact) mass is 415 g/mol. The molecule has 2 aromatic carbocycles. The third-order valence-electron chi connectivity index (χ3n) is 3.56. The quantitative estimate of drug-likeness (QED) is 0.504. The zero-order valence-electron chi connectivity index (χ0n) is 12.1. The SMILES string of the molecule is O=c1c2cc(F)ccc2n(CCOP(=O)(O)O)c2cc(Br)ccc12. The van der Waals surface area contributed by atoms with E-state index in [1.807, 2.05) is 0 Å². The molecule has 0 unspecified atom stereocenters. The molecule has 2 N–H and O–H groups in total. The number of benzene rings is 2. The van der Waals surface area contributed by atoms with Gasteiger partial charge in [-0.05, 0) is 36.4 Å². The van der Waals surface area contributed by atoms with Crippen LogP contribution in [0.1, 0.15) is 0 Å². The fourth-order valence-electron chi connectivity index (χ4n) is 2.61. The molecule has 0 saturated carbocycles. The lowest BCUT2D eigenvalue weighted by Gasteiger charge is -2.16. The summed E-state index contributed by atoms with van der Waals surface area (Å²) in [5.41, 5.74) is 0.711. The molecule has 1 heterocycles. The van der Waals surface area contributed by atoms with Crippen LogP contribution in [-0.2, 0) is 15.6 Å². The highest BCUT2D eigenvalue weighted by molar-refractivity contribution is 9.10. The van der Waals surface area contributed by atoms with Crippen molar-refractivity contribution in [2.45, 2.75) is 6.54 Å². The third kappa shape index (κ3) is 3.43. The van der Waals surface area contributed by atoms with Gasteiger partial charge in [-0.2, -0.15) is 0 Å². The molecule has 0 spiro atoms. The van der Waals surface area contributed by atoms with Gasteiger partial charge in [0, 0.05) is 21.8 Å². The molecule has 0 aliphatic heterocycles. The van der Waals surface area contributed by atoms with Crippen LogP contribution in [0.5, 0.6) is 0 Å². The predicted octanol–water partition coefficient (Wildman–Crippen LogP) is 3.17. The minimum atomic E-state index is -4.59. The summed E-state index contributed by atoms with van der Waals surface area (Å²) < 4.78 is 31.3. The number of hydrogen-bond donors (Lipinski definition) is 2. The van der Waals surface area contributed by atoms with Gasteiger partial charge in [-0.3, -0.25) is 9.32 Å². The van der Waals surface area contributed by atoms with E-state index in [4.69, 9.17) is 9.79 Å². The van der Waals surface area contributed by atoms with Crippen molar-refractivity contribution in [2.75, 3.05) is 6.61 Å². The van der Waals surface area contributed by atoms with Crippen LogP contribution in [0.15, 0.2) is 45.7 Å². The average molecular weight is 416 g/mol. The van der Waals surface area contributed by atoms with E-state index in [0.717, 1.165) is 10.5 Å². The van der Waals surface area contributed by atoms with Crippen LogP contribution in [0.25, 0.3) is 21.8 Å². The Morgan fingerprint density at radius 3 is 2.58 bits per heavy atom. The molecule has 0 radical (unpaired) electrons. The van der Waals surface area contributed by atoms with Gasteiger partial charge in [0.15, 0.2) is 5.43 Å². The van der Waals surface area contributed by atoms with Crippen LogP contribution in [-0.4, -0.2) is 21.0 Å². The van der Waals surface area contributed by atoms with Gasteiger partial charge >= 0.3 is 7.82 Å². The van der Waals surface area contributed by atoms with Crippen LogP contribution >= 0.6 is 23.8 Å². The second-order valence-electron chi connectivity index (χ2n) is 5.13. The Balaban J connectivity index is 2.25. The van der Waals surface area contributed by atoms with Crippen molar-refractivity contribution < 1.29 is 23.3 Å². The van der Waals surface area contributed by atoms with Crippen LogP contribution in [0.3, 0.4) is 0 Å². The summed E-state index contributed by atoms with van der Waals surface area (Å²) in [7, 11) is -4.59. The first-order valence-corrected chi connectivity index (χ1v) is 9.20. The summed E-state index contributed by atoms with van der Waals surface area (Å²) in [6, 6.07) is 8.88. The first-order valence-electron chi connectivity index (χ1n) is 6.88. The average Bonchev–Trinajstić information content (AvgIpc) is 2.49. The van der Waals surface area contributed by atoms with Crippen molar-refractivity contribution in [3.63, 3.8) is 0 Å². The number of fused-ring (bicyclic) bond motifs is 2. The van der Waals surface area contributed by atoms with Crippen molar-refractivity contribution in [1.29, 1.82) is 0 Å².